The number of ether oxygens (including phenoxy) is 9. The van der Waals surface area contributed by atoms with E-state index < -0.39 is 240 Å². The lowest BCUT2D eigenvalue weighted by Crippen LogP contribution is -2.86. The molecule has 4 aromatic carbocycles. The minimum absolute atomic E-state index is 0.370. The van der Waals surface area contributed by atoms with E-state index in [-0.39, 0.29) is 0 Å². The smallest absolute Gasteiger partial charge is 0.340 e. The van der Waals surface area contributed by atoms with E-state index >= 15 is 14.4 Å². The number of fused-ring (bicyclic) bond motifs is 1. The standard InChI is InChI=1S/C46H36O31/c47-13-1-9(2-14(48)23(13)53)35(57)76-39-32-31-27(19(70-39)7-68-36(58)10-3-15(49)24(54)28-20(10)21-11(37(59)72-31)4-16(50)25(55)29(21)71-28)74-41(61)42-8-43(62)34(18(52)6-69-43)75-40(42)44(63,64)46(66,67)45(65)33(42)22-12(38(60)73-32)5-17(51)26(56)30(22)77-45/h1-5,18-19,27,31-34,39-40,47-56,62-67H,6-8H2/t18-,19-,27-,31-,32-,33-,34+,39+,40+,42-,43+,45-/m1/s1. The monoisotopic (exact) mass is 1080 g/mol. The van der Waals surface area contributed by atoms with Crippen molar-refractivity contribution in [1.29, 1.82) is 0 Å². The Hall–Kier alpha value is -8.37. The predicted molar refractivity (Wildman–Crippen MR) is 230 cm³/mol. The van der Waals surface area contributed by atoms with Crippen molar-refractivity contribution < 1.29 is 153 Å². The molecule has 0 amide bonds. The summed E-state index contributed by atoms with van der Waals surface area (Å²) in [5.74, 6) is -40.1. The molecular weight excluding hydrogens is 1050 g/mol. The molecule has 31 heteroatoms. The molecule has 7 heterocycles. The Kier molecular flexibility index (Phi) is 10.0. The van der Waals surface area contributed by atoms with Gasteiger partial charge in [-0.1, -0.05) is 0 Å². The van der Waals surface area contributed by atoms with Crippen LogP contribution in [0.4, 0.5) is 0 Å². The van der Waals surface area contributed by atoms with Crippen LogP contribution >= 0.6 is 0 Å². The van der Waals surface area contributed by atoms with E-state index in [4.69, 9.17) is 47.0 Å². The van der Waals surface area contributed by atoms with Crippen molar-refractivity contribution in [2.75, 3.05) is 13.2 Å². The number of carbonyl (C=O) groups is 5. The van der Waals surface area contributed by atoms with Gasteiger partial charge in [0.25, 0.3) is 17.4 Å². The van der Waals surface area contributed by atoms with Crippen molar-refractivity contribution in [2.24, 2.45) is 5.41 Å². The van der Waals surface area contributed by atoms with Gasteiger partial charge in [-0.15, -0.1) is 0 Å². The largest absolute Gasteiger partial charge is 0.504 e. The number of aliphatic hydroxyl groups is 7. The normalized spacial score (nSPS) is 33.4. The van der Waals surface area contributed by atoms with Gasteiger partial charge in [0.1, 0.15) is 36.4 Å². The van der Waals surface area contributed by atoms with Crippen molar-refractivity contribution >= 4 is 51.8 Å². The average molecular weight is 1080 g/mol. The molecular formula is C46H36O31. The Morgan fingerprint density at radius 3 is 1.82 bits per heavy atom. The van der Waals surface area contributed by atoms with Crippen molar-refractivity contribution in [3.05, 3.63) is 58.1 Å². The first-order valence-corrected chi connectivity index (χ1v) is 22.4. The summed E-state index contributed by atoms with van der Waals surface area (Å²) >= 11 is 0. The molecule has 3 saturated heterocycles. The first-order valence-electron chi connectivity index (χ1n) is 22.4. The molecule has 12 atom stereocenters. The fourth-order valence-electron chi connectivity index (χ4n) is 11.4. The zero-order valence-electron chi connectivity index (χ0n) is 38.0. The quantitative estimate of drug-likeness (QED) is 0.0366. The molecule has 406 valence electrons. The van der Waals surface area contributed by atoms with E-state index in [0.29, 0.717) is 30.3 Å². The number of furan rings is 1. The van der Waals surface area contributed by atoms with E-state index in [1.807, 2.05) is 0 Å². The molecule has 1 spiro atoms. The molecule has 77 heavy (non-hydrogen) atoms. The van der Waals surface area contributed by atoms with Gasteiger partial charge in [-0.2, -0.15) is 0 Å². The molecule has 6 aliphatic heterocycles. The third-order valence-corrected chi connectivity index (χ3v) is 14.9. The fourth-order valence-corrected chi connectivity index (χ4v) is 11.4. The van der Waals surface area contributed by atoms with Crippen molar-refractivity contribution in [3.8, 4) is 57.5 Å². The number of phenols is 9. The molecule has 7 aliphatic rings. The van der Waals surface area contributed by atoms with Gasteiger partial charge < -0.3 is 129 Å². The number of hydrogen-bond donors (Lipinski definition) is 16. The Balaban J connectivity index is 1.12. The number of hydrogen-bond acceptors (Lipinski definition) is 31. The summed E-state index contributed by atoms with van der Waals surface area (Å²) in [5.41, 5.74) is -9.98. The molecule has 4 bridgehead atoms. The minimum atomic E-state index is -4.60. The van der Waals surface area contributed by atoms with Gasteiger partial charge in [-0.05, 0) is 30.3 Å². The molecule has 1 aromatic heterocycles. The SMILES string of the molecule is O=C(O[C@@H]1O[C@@H]2COC(=O)c3cc(O)c(O)c4oc5c(O)c(O)cc(c5c34)C(=O)O[C@H]3[C@H]1OC(=O)c1cc(O)c(O)c4c1[C@@H]1[C@@]5(C[C@]6(O)OC[C@@H](O)[C@@H]6O[C@@H]5C(O)(O)C(O)(O)[C@]1(O)O4)C(=O)O[C@@H]32)c1cc(O)c(O)c(O)c1. The summed E-state index contributed by atoms with van der Waals surface area (Å²) in [6, 6.07) is 2.61. The summed E-state index contributed by atoms with van der Waals surface area (Å²) in [7, 11) is 0. The molecule has 4 fully saturated rings. The Morgan fingerprint density at radius 2 is 1.18 bits per heavy atom. The number of cyclic esters (lactones) is 1. The lowest BCUT2D eigenvalue weighted by atomic mass is 9.52. The van der Waals surface area contributed by atoms with E-state index in [2.05, 4.69) is 0 Å². The number of phenolic OH excluding ortho intramolecular Hbond substituents is 9. The topological polar surface area (TPSA) is 505 Å². The number of aromatic hydroxyl groups is 9. The predicted octanol–water partition coefficient (Wildman–Crippen LogP) is -2.87. The Labute approximate surface area is 422 Å². The van der Waals surface area contributed by atoms with Gasteiger partial charge in [0.2, 0.25) is 29.6 Å². The number of carbonyl (C=O) groups excluding carboxylic acids is 5. The van der Waals surface area contributed by atoms with Crippen molar-refractivity contribution in [3.63, 3.8) is 0 Å². The number of benzene rings is 4. The van der Waals surface area contributed by atoms with Crippen LogP contribution < -0.4 is 4.74 Å². The van der Waals surface area contributed by atoms with Crippen LogP contribution in [0.3, 0.4) is 0 Å². The fraction of sp³-hybridized carbons (Fsp3) is 0.370. The third-order valence-electron chi connectivity index (χ3n) is 14.9. The van der Waals surface area contributed by atoms with Crippen LogP contribution in [0.5, 0.6) is 57.5 Å². The molecule has 1 aliphatic carbocycles. The molecule has 0 unspecified atom stereocenters. The van der Waals surface area contributed by atoms with Gasteiger partial charge in [-0.25, -0.2) is 19.2 Å². The highest BCUT2D eigenvalue weighted by atomic mass is 16.8. The highest BCUT2D eigenvalue weighted by Gasteiger charge is 2.88. The van der Waals surface area contributed by atoms with Crippen LogP contribution in [0.15, 0.2) is 34.7 Å². The Bertz CT molecular complexity index is 3500. The van der Waals surface area contributed by atoms with Gasteiger partial charge >= 0.3 is 29.8 Å². The highest BCUT2D eigenvalue weighted by molar-refractivity contribution is 6.23. The van der Waals surface area contributed by atoms with Gasteiger partial charge in [0, 0.05) is 22.8 Å². The van der Waals surface area contributed by atoms with Gasteiger partial charge in [0.05, 0.1) is 34.8 Å². The number of rotatable bonds is 2. The Morgan fingerprint density at radius 1 is 0.623 bits per heavy atom. The second kappa shape index (κ2) is 15.6. The average Bonchev–Trinajstić information content (AvgIpc) is 4.05. The second-order valence-corrected chi connectivity index (χ2v) is 19.2. The molecule has 12 rings (SSSR count). The van der Waals surface area contributed by atoms with E-state index in [0.717, 1.165) is 0 Å². The third kappa shape index (κ3) is 6.27. The molecule has 5 aromatic rings. The lowest BCUT2D eigenvalue weighted by Gasteiger charge is -2.63. The van der Waals surface area contributed by atoms with Gasteiger partial charge in [0.15, 0.2) is 69.4 Å². The van der Waals surface area contributed by atoms with Crippen LogP contribution in [-0.4, -0.2) is 197 Å². The summed E-state index contributed by atoms with van der Waals surface area (Å²) in [6.07, 6.45) is -21.5. The highest BCUT2D eigenvalue weighted by Crippen LogP contribution is 2.71. The van der Waals surface area contributed by atoms with Crippen LogP contribution in [0.25, 0.3) is 21.9 Å². The lowest BCUT2D eigenvalue weighted by molar-refractivity contribution is -0.508. The minimum Gasteiger partial charge on any atom is -0.504 e. The zero-order valence-corrected chi connectivity index (χ0v) is 38.0. The maximum Gasteiger partial charge on any atom is 0.340 e. The first-order chi connectivity index (χ1) is 36.1. The summed E-state index contributed by atoms with van der Waals surface area (Å²) < 4.78 is 57.3. The van der Waals surface area contributed by atoms with Crippen LogP contribution in [0, 0.1) is 5.41 Å². The summed E-state index contributed by atoms with van der Waals surface area (Å²) in [6.45, 7) is -2.19. The number of aliphatic hydroxyl groups excluding tert-OH is 1. The van der Waals surface area contributed by atoms with Crippen molar-refractivity contribution in [1.82, 2.24) is 0 Å². The molecule has 1 saturated carbocycles. The first kappa shape index (κ1) is 49.5. The molecule has 31 nitrogen and oxygen atoms in total. The van der Waals surface area contributed by atoms with E-state index in [1.54, 1.807) is 0 Å². The maximum atomic E-state index is 15.9. The van der Waals surface area contributed by atoms with E-state index in [1.165, 1.54) is 0 Å². The zero-order chi connectivity index (χ0) is 55.3. The van der Waals surface area contributed by atoms with Crippen LogP contribution in [-0.2, 0) is 42.7 Å². The molecule has 16 N–H and O–H groups in total. The second-order valence-electron chi connectivity index (χ2n) is 19.2. The van der Waals surface area contributed by atoms with Gasteiger partial charge in [-0.3, -0.25) is 4.79 Å². The number of esters is 5. The molecule has 0 radical (unpaired) electrons. The van der Waals surface area contributed by atoms with Crippen molar-refractivity contribution in [2.45, 2.75) is 84.5 Å². The van der Waals surface area contributed by atoms with Crippen LogP contribution in [0.2, 0.25) is 0 Å². The van der Waals surface area contributed by atoms with E-state index in [9.17, 15) is 91.3 Å². The summed E-state index contributed by atoms with van der Waals surface area (Å²) in [4.78, 5) is 74.4. The van der Waals surface area contributed by atoms with Crippen LogP contribution in [0.1, 0.15) is 59.3 Å². The maximum absolute atomic E-state index is 15.9. The summed E-state index contributed by atoms with van der Waals surface area (Å²) in [5, 5.41) is 178.